The van der Waals surface area contributed by atoms with Crippen LogP contribution in [0.5, 0.6) is 11.5 Å². The molecule has 0 aliphatic carbocycles. The molecule has 1 saturated heterocycles. The molecule has 1 N–H and O–H groups in total. The average molecular weight is 472 g/mol. The summed E-state index contributed by atoms with van der Waals surface area (Å²) in [6, 6.07) is 18.9. The highest BCUT2D eigenvalue weighted by atomic mass is 16.5. The van der Waals surface area contributed by atoms with E-state index in [-0.39, 0.29) is 17.4 Å². The molecule has 1 amide bonds. The average Bonchev–Trinajstić information content (AvgIpc) is 3.08. The largest absolute Gasteiger partial charge is 0.507 e. The van der Waals surface area contributed by atoms with Gasteiger partial charge in [-0.2, -0.15) is 0 Å². The van der Waals surface area contributed by atoms with Crippen LogP contribution in [-0.4, -0.2) is 30.0 Å². The Hall–Kier alpha value is -4.06. The van der Waals surface area contributed by atoms with E-state index < -0.39 is 17.7 Å². The van der Waals surface area contributed by atoms with Crippen LogP contribution in [0.4, 0.5) is 5.69 Å². The zero-order valence-electron chi connectivity index (χ0n) is 20.5. The van der Waals surface area contributed by atoms with Crippen molar-refractivity contribution in [1.29, 1.82) is 0 Å². The number of benzene rings is 3. The van der Waals surface area contributed by atoms with Gasteiger partial charge >= 0.3 is 0 Å². The lowest BCUT2D eigenvalue weighted by molar-refractivity contribution is -0.132. The predicted molar refractivity (Wildman–Crippen MR) is 136 cm³/mol. The second-order valence-corrected chi connectivity index (χ2v) is 8.98. The third-order valence-electron chi connectivity index (χ3n) is 5.86. The van der Waals surface area contributed by atoms with E-state index in [9.17, 15) is 14.7 Å². The molecular weight excluding hydrogens is 442 g/mol. The first-order valence-electron chi connectivity index (χ1n) is 11.5. The van der Waals surface area contributed by atoms with Crippen LogP contribution in [0.2, 0.25) is 0 Å². The van der Waals surface area contributed by atoms with Gasteiger partial charge in [0.1, 0.15) is 17.3 Å². The van der Waals surface area contributed by atoms with Crippen LogP contribution in [0.25, 0.3) is 5.76 Å². The van der Waals surface area contributed by atoms with Crippen LogP contribution in [0.15, 0.2) is 72.3 Å². The SMILES string of the molecule is COc1ccc(C2/C(=C(\O)c3ccc(OC(C)C)cc3)C(=O)C(=O)N2c2cc(C)cc(C)c2)cc1. The van der Waals surface area contributed by atoms with Gasteiger partial charge in [0.05, 0.1) is 24.8 Å². The fourth-order valence-electron chi connectivity index (χ4n) is 4.41. The van der Waals surface area contributed by atoms with Gasteiger partial charge in [0, 0.05) is 11.3 Å². The molecule has 1 unspecified atom stereocenters. The molecule has 0 saturated carbocycles. The van der Waals surface area contributed by atoms with Gasteiger partial charge in [-0.25, -0.2) is 0 Å². The molecule has 0 aromatic heterocycles. The summed E-state index contributed by atoms with van der Waals surface area (Å²) >= 11 is 0. The quantitative estimate of drug-likeness (QED) is 0.282. The number of aliphatic hydroxyl groups excluding tert-OH is 1. The van der Waals surface area contributed by atoms with Crippen LogP contribution in [-0.2, 0) is 9.59 Å². The Morgan fingerprint density at radius 3 is 2.00 bits per heavy atom. The number of aliphatic hydroxyl groups is 1. The topological polar surface area (TPSA) is 76.1 Å². The Labute approximate surface area is 205 Å². The monoisotopic (exact) mass is 471 g/mol. The molecule has 1 fully saturated rings. The third-order valence-corrected chi connectivity index (χ3v) is 5.86. The Balaban J connectivity index is 1.88. The molecule has 6 nitrogen and oxygen atoms in total. The number of Topliss-reactive ketones (excluding diaryl/α,β-unsaturated/α-hetero) is 1. The minimum atomic E-state index is -0.798. The van der Waals surface area contributed by atoms with Gasteiger partial charge in [0.15, 0.2) is 0 Å². The standard InChI is InChI=1S/C29H29NO5/c1-17(2)35-24-12-8-21(9-13-24)27(31)25-26(20-6-10-23(34-5)11-7-20)30(29(33)28(25)32)22-15-18(3)14-19(4)16-22/h6-17,26,31H,1-5H3/b27-25+. The number of rotatable bonds is 6. The van der Waals surface area contributed by atoms with Crippen molar-refractivity contribution in [1.82, 2.24) is 0 Å². The van der Waals surface area contributed by atoms with Crippen molar-refractivity contribution in [2.75, 3.05) is 12.0 Å². The Kier molecular flexibility index (Phi) is 6.65. The van der Waals surface area contributed by atoms with Crippen LogP contribution < -0.4 is 14.4 Å². The van der Waals surface area contributed by atoms with E-state index in [1.807, 2.05) is 45.9 Å². The molecule has 0 bridgehead atoms. The normalized spacial score (nSPS) is 17.2. The maximum atomic E-state index is 13.3. The molecule has 3 aromatic carbocycles. The molecule has 1 heterocycles. The van der Waals surface area contributed by atoms with Crippen molar-refractivity contribution >= 4 is 23.1 Å². The fourth-order valence-corrected chi connectivity index (χ4v) is 4.41. The predicted octanol–water partition coefficient (Wildman–Crippen LogP) is 5.73. The van der Waals surface area contributed by atoms with Gasteiger partial charge in [-0.05, 0) is 92.9 Å². The molecule has 1 atom stereocenters. The fraction of sp³-hybridized carbons (Fsp3) is 0.241. The van der Waals surface area contributed by atoms with Crippen LogP contribution >= 0.6 is 0 Å². The number of anilines is 1. The zero-order valence-corrected chi connectivity index (χ0v) is 20.5. The molecule has 180 valence electrons. The second kappa shape index (κ2) is 9.66. The summed E-state index contributed by atoms with van der Waals surface area (Å²) in [7, 11) is 1.57. The summed E-state index contributed by atoms with van der Waals surface area (Å²) in [6.07, 6.45) is 0.00706. The molecule has 3 aromatic rings. The van der Waals surface area contributed by atoms with Gasteiger partial charge < -0.3 is 14.6 Å². The summed E-state index contributed by atoms with van der Waals surface area (Å²) in [5, 5.41) is 11.3. The minimum Gasteiger partial charge on any atom is -0.507 e. The Bertz CT molecular complexity index is 1270. The van der Waals surface area contributed by atoms with E-state index in [0.717, 1.165) is 11.1 Å². The van der Waals surface area contributed by atoms with Gasteiger partial charge in [-0.3, -0.25) is 14.5 Å². The van der Waals surface area contributed by atoms with E-state index in [2.05, 4.69) is 0 Å². The van der Waals surface area contributed by atoms with Crippen molar-refractivity contribution in [2.45, 2.75) is 39.8 Å². The van der Waals surface area contributed by atoms with Crippen molar-refractivity contribution in [3.8, 4) is 11.5 Å². The molecule has 0 spiro atoms. The van der Waals surface area contributed by atoms with Crippen LogP contribution in [0, 0.1) is 13.8 Å². The number of aryl methyl sites for hydroxylation is 2. The van der Waals surface area contributed by atoms with E-state index in [1.54, 1.807) is 55.6 Å². The smallest absolute Gasteiger partial charge is 0.300 e. The summed E-state index contributed by atoms with van der Waals surface area (Å²) in [5.74, 6) is -0.342. The number of ether oxygens (including phenoxy) is 2. The number of hydrogen-bond acceptors (Lipinski definition) is 5. The van der Waals surface area contributed by atoms with E-state index in [4.69, 9.17) is 9.47 Å². The number of ketones is 1. The summed E-state index contributed by atoms with van der Waals surface area (Å²) in [6.45, 7) is 7.74. The molecular formula is C29H29NO5. The van der Waals surface area contributed by atoms with Crippen molar-refractivity contribution in [3.05, 3.63) is 94.6 Å². The van der Waals surface area contributed by atoms with Crippen molar-refractivity contribution in [2.24, 2.45) is 0 Å². The second-order valence-electron chi connectivity index (χ2n) is 8.98. The van der Waals surface area contributed by atoms with Gasteiger partial charge in [-0.15, -0.1) is 0 Å². The first kappa shape index (κ1) is 24.1. The van der Waals surface area contributed by atoms with Crippen LogP contribution in [0.3, 0.4) is 0 Å². The number of hydrogen-bond donors (Lipinski definition) is 1. The molecule has 1 aliphatic rings. The number of nitrogens with zero attached hydrogens (tertiary/aromatic N) is 1. The van der Waals surface area contributed by atoms with Gasteiger partial charge in [0.25, 0.3) is 11.7 Å². The molecule has 0 radical (unpaired) electrons. The van der Waals surface area contributed by atoms with Crippen LogP contribution in [0.1, 0.15) is 42.1 Å². The third kappa shape index (κ3) is 4.78. The first-order chi connectivity index (χ1) is 16.7. The van der Waals surface area contributed by atoms with Gasteiger partial charge in [0.2, 0.25) is 0 Å². The van der Waals surface area contributed by atoms with Gasteiger partial charge in [-0.1, -0.05) is 18.2 Å². The highest BCUT2D eigenvalue weighted by Crippen LogP contribution is 2.43. The molecule has 1 aliphatic heterocycles. The summed E-state index contributed by atoms with van der Waals surface area (Å²) in [4.78, 5) is 28.1. The number of carbonyl (C=O) groups is 2. The Morgan fingerprint density at radius 2 is 1.46 bits per heavy atom. The lowest BCUT2D eigenvalue weighted by Crippen LogP contribution is -2.29. The number of carbonyl (C=O) groups excluding carboxylic acids is 2. The molecule has 4 rings (SSSR count). The maximum Gasteiger partial charge on any atom is 0.300 e. The molecule has 6 heteroatoms. The molecule has 35 heavy (non-hydrogen) atoms. The summed E-state index contributed by atoms with van der Waals surface area (Å²) < 4.78 is 11.0. The van der Waals surface area contributed by atoms with E-state index in [1.165, 1.54) is 4.90 Å². The van der Waals surface area contributed by atoms with E-state index in [0.29, 0.717) is 28.3 Å². The zero-order chi connectivity index (χ0) is 25.3. The number of methoxy groups -OCH3 is 1. The summed E-state index contributed by atoms with van der Waals surface area (Å²) in [5.41, 5.74) is 3.69. The van der Waals surface area contributed by atoms with E-state index >= 15 is 0 Å². The number of amides is 1. The lowest BCUT2D eigenvalue weighted by atomic mass is 9.95. The van der Waals surface area contributed by atoms with Crippen molar-refractivity contribution in [3.63, 3.8) is 0 Å². The van der Waals surface area contributed by atoms with Crippen molar-refractivity contribution < 1.29 is 24.2 Å². The minimum absolute atomic E-state index is 0.00706. The Morgan fingerprint density at radius 1 is 0.886 bits per heavy atom. The highest BCUT2D eigenvalue weighted by molar-refractivity contribution is 6.51. The lowest BCUT2D eigenvalue weighted by Gasteiger charge is -2.26. The highest BCUT2D eigenvalue weighted by Gasteiger charge is 2.47. The first-order valence-corrected chi connectivity index (χ1v) is 11.5. The maximum absolute atomic E-state index is 13.3.